The van der Waals surface area contributed by atoms with Gasteiger partial charge in [0.2, 0.25) is 17.7 Å². The standard InChI is InChI=1S/C21H20N2O5/c1-28-21(27)10-2-4-11(5-3-10)22-16(24)9-23-19(25)17-12-6-7-13(15-8-14(12)15)18(17)20(23)26/h2-7,12-15,17-18H,8-9H2,1H3,(H,22,24)/t12-,13-,14-,15+,17+,18+/m0/s1. The highest BCUT2D eigenvalue weighted by atomic mass is 16.5. The van der Waals surface area contributed by atoms with Crippen molar-refractivity contribution < 1.29 is 23.9 Å². The maximum Gasteiger partial charge on any atom is 0.337 e. The molecule has 5 aliphatic rings. The Balaban J connectivity index is 1.27. The lowest BCUT2D eigenvalue weighted by Crippen LogP contribution is -2.40. The molecule has 1 aromatic rings. The Morgan fingerprint density at radius 2 is 1.61 bits per heavy atom. The van der Waals surface area contributed by atoms with Crippen molar-refractivity contribution in [1.29, 1.82) is 0 Å². The molecule has 1 heterocycles. The average molecular weight is 380 g/mol. The molecular formula is C21H20N2O5. The van der Waals surface area contributed by atoms with Crippen LogP contribution in [0.4, 0.5) is 5.69 Å². The first-order valence-corrected chi connectivity index (χ1v) is 9.51. The highest BCUT2D eigenvalue weighted by Gasteiger charge is 2.67. The number of allylic oxidation sites excluding steroid dienone is 2. The van der Waals surface area contributed by atoms with E-state index in [9.17, 15) is 19.2 Å². The summed E-state index contributed by atoms with van der Waals surface area (Å²) in [5.74, 6) is -0.536. The Kier molecular flexibility index (Phi) is 3.69. The molecule has 2 saturated carbocycles. The molecule has 1 N–H and O–H groups in total. The molecular weight excluding hydrogens is 360 g/mol. The fourth-order valence-corrected chi connectivity index (χ4v) is 5.33. The molecule has 1 aliphatic heterocycles. The molecule has 6 atom stereocenters. The third kappa shape index (κ3) is 2.42. The number of carbonyl (C=O) groups is 4. The van der Waals surface area contributed by atoms with Crippen molar-refractivity contribution in [2.24, 2.45) is 35.5 Å². The summed E-state index contributed by atoms with van der Waals surface area (Å²) in [5, 5.41) is 2.68. The molecule has 6 rings (SSSR count). The second-order valence-corrected chi connectivity index (χ2v) is 8.03. The molecule has 7 nitrogen and oxygen atoms in total. The van der Waals surface area contributed by atoms with E-state index in [1.165, 1.54) is 19.2 Å². The van der Waals surface area contributed by atoms with Gasteiger partial charge < -0.3 is 10.1 Å². The molecule has 144 valence electrons. The zero-order chi connectivity index (χ0) is 19.6. The number of methoxy groups -OCH3 is 1. The summed E-state index contributed by atoms with van der Waals surface area (Å²) in [6, 6.07) is 6.24. The van der Waals surface area contributed by atoms with E-state index in [-0.39, 0.29) is 42.0 Å². The van der Waals surface area contributed by atoms with Crippen molar-refractivity contribution in [3.05, 3.63) is 42.0 Å². The summed E-state index contributed by atoms with van der Waals surface area (Å²) in [4.78, 5) is 50.8. The van der Waals surface area contributed by atoms with Gasteiger partial charge in [0.05, 0.1) is 24.5 Å². The summed E-state index contributed by atoms with van der Waals surface area (Å²) >= 11 is 0. The minimum absolute atomic E-state index is 0.148. The third-order valence-electron chi connectivity index (χ3n) is 6.65. The number of esters is 1. The van der Waals surface area contributed by atoms with Crippen LogP contribution in [0, 0.1) is 35.5 Å². The number of nitrogens with one attached hydrogen (secondary N) is 1. The average Bonchev–Trinajstić information content (AvgIpc) is 3.49. The van der Waals surface area contributed by atoms with Crippen molar-refractivity contribution >= 4 is 29.4 Å². The number of carbonyl (C=O) groups excluding carboxylic acids is 4. The van der Waals surface area contributed by atoms with Crippen molar-refractivity contribution in [2.75, 3.05) is 19.0 Å². The van der Waals surface area contributed by atoms with Crippen LogP contribution >= 0.6 is 0 Å². The van der Waals surface area contributed by atoms with Crippen molar-refractivity contribution in [3.63, 3.8) is 0 Å². The van der Waals surface area contributed by atoms with Gasteiger partial charge in [-0.2, -0.15) is 0 Å². The summed E-state index contributed by atoms with van der Waals surface area (Å²) in [6.45, 7) is -0.280. The van der Waals surface area contributed by atoms with Crippen LogP contribution in [0.2, 0.25) is 0 Å². The Morgan fingerprint density at radius 1 is 1.04 bits per heavy atom. The molecule has 0 aromatic heterocycles. The number of ether oxygens (including phenoxy) is 1. The topological polar surface area (TPSA) is 92.8 Å². The van der Waals surface area contributed by atoms with Crippen LogP contribution in [-0.2, 0) is 19.1 Å². The van der Waals surface area contributed by atoms with Crippen LogP contribution < -0.4 is 5.32 Å². The van der Waals surface area contributed by atoms with E-state index < -0.39 is 11.9 Å². The second kappa shape index (κ2) is 6.02. The number of hydrogen-bond acceptors (Lipinski definition) is 5. The van der Waals surface area contributed by atoms with E-state index in [1.54, 1.807) is 12.1 Å². The Hall–Kier alpha value is -2.96. The van der Waals surface area contributed by atoms with Crippen LogP contribution in [0.25, 0.3) is 0 Å². The number of amides is 3. The molecule has 3 amide bonds. The molecule has 4 aliphatic carbocycles. The predicted molar refractivity (Wildman–Crippen MR) is 97.8 cm³/mol. The van der Waals surface area contributed by atoms with Gasteiger partial charge in [-0.05, 0) is 54.4 Å². The van der Waals surface area contributed by atoms with E-state index in [0.29, 0.717) is 23.1 Å². The first-order valence-electron chi connectivity index (χ1n) is 9.51. The summed E-state index contributed by atoms with van der Waals surface area (Å²) in [6.07, 6.45) is 5.33. The van der Waals surface area contributed by atoms with Gasteiger partial charge in [-0.1, -0.05) is 12.2 Å². The molecule has 0 radical (unpaired) electrons. The lowest BCUT2D eigenvalue weighted by Gasteiger charge is -2.37. The van der Waals surface area contributed by atoms with Gasteiger partial charge in [0.15, 0.2) is 0 Å². The van der Waals surface area contributed by atoms with E-state index in [4.69, 9.17) is 0 Å². The van der Waals surface area contributed by atoms with E-state index in [2.05, 4.69) is 22.2 Å². The smallest absolute Gasteiger partial charge is 0.337 e. The monoisotopic (exact) mass is 380 g/mol. The summed E-state index contributed by atoms with van der Waals surface area (Å²) in [7, 11) is 1.30. The highest BCUT2D eigenvalue weighted by molar-refractivity contribution is 6.09. The van der Waals surface area contributed by atoms with Crippen molar-refractivity contribution in [3.8, 4) is 0 Å². The maximum absolute atomic E-state index is 12.9. The zero-order valence-corrected chi connectivity index (χ0v) is 15.3. The zero-order valence-electron chi connectivity index (χ0n) is 15.3. The third-order valence-corrected chi connectivity index (χ3v) is 6.65. The normalized spacial score (nSPS) is 34.1. The number of nitrogens with zero attached hydrogens (tertiary/aromatic N) is 1. The first-order chi connectivity index (χ1) is 13.5. The number of benzene rings is 1. The predicted octanol–water partition coefficient (Wildman–Crippen LogP) is 1.46. The molecule has 28 heavy (non-hydrogen) atoms. The van der Waals surface area contributed by atoms with Crippen LogP contribution in [0.3, 0.4) is 0 Å². The molecule has 7 heteroatoms. The molecule has 0 spiro atoms. The number of anilines is 1. The lowest BCUT2D eigenvalue weighted by molar-refractivity contribution is -0.142. The number of likely N-dealkylation sites (tertiary alicyclic amines) is 1. The van der Waals surface area contributed by atoms with E-state index in [0.717, 1.165) is 11.3 Å². The Bertz CT molecular complexity index is 885. The summed E-state index contributed by atoms with van der Waals surface area (Å²) in [5.41, 5.74) is 0.855. The SMILES string of the molecule is COC(=O)c1ccc(NC(=O)CN2C(=O)[C@@H]3[C@H]4C=C[C@@H]([C@@H]5C[C@H]45)[C@H]3C2=O)cc1. The minimum atomic E-state index is -0.463. The number of rotatable bonds is 4. The van der Waals surface area contributed by atoms with E-state index in [1.807, 2.05) is 0 Å². The number of imide groups is 1. The van der Waals surface area contributed by atoms with Crippen LogP contribution in [0.1, 0.15) is 16.8 Å². The lowest BCUT2D eigenvalue weighted by atomic mass is 9.63. The number of hydrogen-bond donors (Lipinski definition) is 1. The molecule has 0 unspecified atom stereocenters. The van der Waals surface area contributed by atoms with Gasteiger partial charge >= 0.3 is 5.97 Å². The van der Waals surface area contributed by atoms with Crippen molar-refractivity contribution in [2.45, 2.75) is 6.42 Å². The highest BCUT2D eigenvalue weighted by Crippen LogP contribution is 2.65. The van der Waals surface area contributed by atoms with Crippen LogP contribution in [0.5, 0.6) is 0 Å². The fourth-order valence-electron chi connectivity index (χ4n) is 5.33. The second-order valence-electron chi connectivity index (χ2n) is 8.03. The molecule has 1 saturated heterocycles. The summed E-state index contributed by atoms with van der Waals surface area (Å²) < 4.78 is 4.64. The Labute approximate surface area is 161 Å². The fraction of sp³-hybridized carbons (Fsp3) is 0.429. The van der Waals surface area contributed by atoms with Gasteiger partial charge in [-0.15, -0.1) is 0 Å². The maximum atomic E-state index is 12.9. The molecule has 3 fully saturated rings. The Morgan fingerprint density at radius 3 is 2.14 bits per heavy atom. The van der Waals surface area contributed by atoms with Gasteiger partial charge in [-0.25, -0.2) is 4.79 Å². The minimum Gasteiger partial charge on any atom is -0.465 e. The van der Waals surface area contributed by atoms with Crippen LogP contribution in [-0.4, -0.2) is 42.2 Å². The van der Waals surface area contributed by atoms with Gasteiger partial charge in [0.1, 0.15) is 6.54 Å². The van der Waals surface area contributed by atoms with Gasteiger partial charge in [-0.3, -0.25) is 19.3 Å². The van der Waals surface area contributed by atoms with Crippen molar-refractivity contribution in [1.82, 2.24) is 4.90 Å². The van der Waals surface area contributed by atoms with Crippen LogP contribution in [0.15, 0.2) is 36.4 Å². The van der Waals surface area contributed by atoms with E-state index >= 15 is 0 Å². The van der Waals surface area contributed by atoms with Gasteiger partial charge in [0, 0.05) is 5.69 Å². The first kappa shape index (κ1) is 17.2. The van der Waals surface area contributed by atoms with Gasteiger partial charge in [0.25, 0.3) is 0 Å². The largest absolute Gasteiger partial charge is 0.465 e. The molecule has 1 aromatic carbocycles. The quantitative estimate of drug-likeness (QED) is 0.485. The molecule has 2 bridgehead atoms.